The van der Waals surface area contributed by atoms with Crippen molar-refractivity contribution in [2.24, 2.45) is 0 Å². The van der Waals surface area contributed by atoms with Gasteiger partial charge in [0.15, 0.2) is 25.0 Å². The Hall–Kier alpha value is -0.116. The Morgan fingerprint density at radius 2 is 1.41 bits per heavy atom. The molecule has 1 aliphatic heterocycles. The summed E-state index contributed by atoms with van der Waals surface area (Å²) in [4.78, 5) is 0. The summed E-state index contributed by atoms with van der Waals surface area (Å²) in [6.07, 6.45) is 3.77. The van der Waals surface area contributed by atoms with E-state index < -0.39 is 46.6 Å². The first kappa shape index (κ1) is 28.1. The van der Waals surface area contributed by atoms with Crippen LogP contribution in [0, 0.1) is 0 Å². The fraction of sp³-hybridized carbons (Fsp3) is 0.652. The molecule has 0 aliphatic carbocycles. The third kappa shape index (κ3) is 6.95. The lowest BCUT2D eigenvalue weighted by molar-refractivity contribution is -0.283. The summed E-state index contributed by atoms with van der Waals surface area (Å²) in [5.41, 5.74) is 1.20. The molecule has 1 fully saturated rings. The minimum absolute atomic E-state index is 0.777. The first-order valence-corrected chi connectivity index (χ1v) is 28.1. The number of rotatable bonds is 9. The topological polar surface area (TPSA) is 36.9 Å². The highest BCUT2D eigenvalue weighted by Gasteiger charge is 2.63. The highest BCUT2D eigenvalue weighted by molar-refractivity contribution is 7.43. The van der Waals surface area contributed by atoms with Crippen LogP contribution in [-0.2, 0) is 17.4 Å². The molecule has 0 amide bonds. The van der Waals surface area contributed by atoms with Crippen molar-refractivity contribution in [2.75, 3.05) is 0 Å². The molecule has 0 N–H and O–H groups in total. The highest BCUT2D eigenvalue weighted by Crippen LogP contribution is 2.44. The Morgan fingerprint density at radius 3 is 1.88 bits per heavy atom. The summed E-state index contributed by atoms with van der Waals surface area (Å²) < 4.78 is 28.1. The predicted molar refractivity (Wildman–Crippen MR) is 151 cm³/mol. The molecule has 0 aromatic heterocycles. The molecule has 1 aromatic rings. The van der Waals surface area contributed by atoms with Gasteiger partial charge in [0.1, 0.15) is 7.59 Å². The first-order chi connectivity index (χ1) is 14.3. The van der Waals surface area contributed by atoms with Gasteiger partial charge in [0, 0.05) is 6.42 Å². The second-order valence-electron chi connectivity index (χ2n) is 12.5. The van der Waals surface area contributed by atoms with Crippen molar-refractivity contribution in [1.29, 1.82) is 0 Å². The second-order valence-corrected chi connectivity index (χ2v) is 38.4. The molecule has 1 heterocycles. The molecule has 1 saturated heterocycles. The zero-order valence-electron chi connectivity index (χ0n) is 22.3. The minimum atomic E-state index is -2.72. The fourth-order valence-corrected chi connectivity index (χ4v) is 27.4. The van der Waals surface area contributed by atoms with Crippen molar-refractivity contribution in [2.45, 2.75) is 96.9 Å². The van der Waals surface area contributed by atoms with Gasteiger partial charge in [-0.05, 0) is 82.1 Å². The van der Waals surface area contributed by atoms with E-state index in [1.54, 1.807) is 0 Å². The van der Waals surface area contributed by atoms with E-state index in [-0.39, 0.29) is 0 Å². The fourth-order valence-electron chi connectivity index (χ4n) is 4.57. The average molecular weight is 527 g/mol. The van der Waals surface area contributed by atoms with Crippen LogP contribution < -0.4 is 5.19 Å². The molecule has 1 aliphatic rings. The molecule has 0 spiro atoms. The van der Waals surface area contributed by atoms with Gasteiger partial charge in [0.25, 0.3) is 5.97 Å². The van der Waals surface area contributed by atoms with Gasteiger partial charge in [-0.25, -0.2) is 0 Å². The highest BCUT2D eigenvalue weighted by atomic mass is 29.3. The maximum atomic E-state index is 7.31. The summed E-state index contributed by atoms with van der Waals surface area (Å²) in [6, 6.07) is 9.66. The molecule has 32 heavy (non-hydrogen) atoms. The van der Waals surface area contributed by atoms with Gasteiger partial charge in [-0.2, -0.15) is 0 Å². The van der Waals surface area contributed by atoms with Gasteiger partial charge in [-0.15, -0.1) is 0 Å². The molecule has 4 nitrogen and oxygen atoms in total. The van der Waals surface area contributed by atoms with Crippen LogP contribution in [0.5, 0.6) is 0 Å². The zero-order valence-corrected chi connectivity index (χ0v) is 27.3. The van der Waals surface area contributed by atoms with Crippen LogP contribution >= 0.6 is 0 Å². The lowest BCUT2D eigenvalue weighted by atomic mass is 10.2. The van der Waals surface area contributed by atoms with Crippen molar-refractivity contribution in [3.8, 4) is 0 Å². The standard InChI is InChI=1S/C23H46O4Si5/c1-13-21-17-14-15-18-22(21)31(11,12)32(27-30(8,9)10)20-16-19-23(26-32,24-28(2,3)4)25-29(5,6)7/h13-15,17-18H,1,16,19-20H2,2-12H3. The van der Waals surface area contributed by atoms with E-state index in [1.807, 2.05) is 6.08 Å². The first-order valence-electron chi connectivity index (χ1n) is 11.9. The van der Waals surface area contributed by atoms with E-state index in [4.69, 9.17) is 17.4 Å². The summed E-state index contributed by atoms with van der Waals surface area (Å²) in [5, 5.41) is 1.37. The van der Waals surface area contributed by atoms with E-state index in [0.29, 0.717) is 0 Å². The van der Waals surface area contributed by atoms with Gasteiger partial charge in [-0.1, -0.05) is 50.0 Å². The van der Waals surface area contributed by atoms with Gasteiger partial charge in [0.05, 0.1) is 0 Å². The number of benzene rings is 1. The molecule has 182 valence electrons. The molecular formula is C23H46O4Si5. The minimum Gasteiger partial charge on any atom is -0.438 e. The quantitative estimate of drug-likeness (QED) is 0.262. The summed E-state index contributed by atoms with van der Waals surface area (Å²) in [5.74, 6) is -0.980. The summed E-state index contributed by atoms with van der Waals surface area (Å²) >= 11 is 0. The van der Waals surface area contributed by atoms with Crippen LogP contribution in [0.2, 0.25) is 78.1 Å². The molecule has 2 rings (SSSR count). The lowest BCUT2D eigenvalue weighted by Crippen LogP contribution is -2.76. The molecule has 1 aromatic carbocycles. The number of hydrogen-bond donors (Lipinski definition) is 0. The normalized spacial score (nSPS) is 22.6. The summed E-state index contributed by atoms with van der Waals surface area (Å²) in [6.45, 7) is 29.1. The van der Waals surface area contributed by atoms with Crippen molar-refractivity contribution in [3.63, 3.8) is 0 Å². The molecule has 0 radical (unpaired) electrons. The largest absolute Gasteiger partial charge is 0.438 e. The van der Waals surface area contributed by atoms with Crippen molar-refractivity contribution < 1.29 is 17.4 Å². The SMILES string of the molecule is C=Cc1ccccc1[Si](C)(C)[Si]1(O[Si](C)(C)C)CCCC(O[Si](C)(C)C)(O[Si](C)(C)C)O1. The maximum absolute atomic E-state index is 7.31. The molecule has 0 saturated carbocycles. The smallest absolute Gasteiger partial charge is 0.316 e. The molecule has 0 bridgehead atoms. The van der Waals surface area contributed by atoms with Crippen LogP contribution in [0.25, 0.3) is 6.08 Å². The van der Waals surface area contributed by atoms with Gasteiger partial charge in [-0.3, -0.25) is 0 Å². The third-order valence-corrected chi connectivity index (χ3v) is 25.0. The molecule has 9 heteroatoms. The van der Waals surface area contributed by atoms with E-state index in [2.05, 4.69) is 103 Å². The summed E-state index contributed by atoms with van der Waals surface area (Å²) in [7, 11) is -10.7. The van der Waals surface area contributed by atoms with Gasteiger partial charge < -0.3 is 17.4 Å². The predicted octanol–water partition coefficient (Wildman–Crippen LogP) is 6.78. The molecule has 1 atom stereocenters. The Balaban J connectivity index is 2.70. The van der Waals surface area contributed by atoms with E-state index in [0.717, 1.165) is 18.9 Å². The Kier molecular flexibility index (Phi) is 8.35. The number of hydrogen-bond acceptors (Lipinski definition) is 4. The van der Waals surface area contributed by atoms with E-state index in [1.165, 1.54) is 10.8 Å². The van der Waals surface area contributed by atoms with Crippen molar-refractivity contribution in [3.05, 3.63) is 36.4 Å². The van der Waals surface area contributed by atoms with Gasteiger partial charge in [0.2, 0.25) is 0 Å². The molecular weight excluding hydrogens is 481 g/mol. The Morgan fingerprint density at radius 1 is 0.875 bits per heavy atom. The zero-order chi connectivity index (χ0) is 24.6. The van der Waals surface area contributed by atoms with Crippen LogP contribution in [0.3, 0.4) is 0 Å². The van der Waals surface area contributed by atoms with Crippen molar-refractivity contribution >= 4 is 51.9 Å². The van der Waals surface area contributed by atoms with E-state index >= 15 is 0 Å². The Labute approximate surface area is 202 Å². The third-order valence-electron chi connectivity index (χ3n) is 5.51. The second kappa shape index (κ2) is 9.50. The monoisotopic (exact) mass is 526 g/mol. The van der Waals surface area contributed by atoms with E-state index in [9.17, 15) is 0 Å². The van der Waals surface area contributed by atoms with Crippen LogP contribution in [-0.4, -0.2) is 46.6 Å². The van der Waals surface area contributed by atoms with Gasteiger partial charge >= 0.3 is 8.08 Å². The van der Waals surface area contributed by atoms with Crippen molar-refractivity contribution in [1.82, 2.24) is 0 Å². The van der Waals surface area contributed by atoms with Crippen LogP contribution in [0.4, 0.5) is 0 Å². The molecule has 1 unspecified atom stereocenters. The van der Waals surface area contributed by atoms with Crippen LogP contribution in [0.15, 0.2) is 30.8 Å². The average Bonchev–Trinajstić information content (AvgIpc) is 2.56. The Bertz CT molecular complexity index is 792. The lowest BCUT2D eigenvalue weighted by Gasteiger charge is -2.55. The maximum Gasteiger partial charge on any atom is 0.316 e. The van der Waals surface area contributed by atoms with Crippen LogP contribution in [0.1, 0.15) is 18.4 Å².